The Morgan fingerprint density at radius 2 is 2.06 bits per heavy atom. The lowest BCUT2D eigenvalue weighted by Gasteiger charge is -2.41. The van der Waals surface area contributed by atoms with E-state index in [1.54, 1.807) is 0 Å². The predicted octanol–water partition coefficient (Wildman–Crippen LogP) is 2.27. The number of benzene rings is 1. The summed E-state index contributed by atoms with van der Waals surface area (Å²) in [4.78, 5) is 4.90. The van der Waals surface area contributed by atoms with Crippen LogP contribution in [0.2, 0.25) is 0 Å². The van der Waals surface area contributed by atoms with Gasteiger partial charge in [0.05, 0.1) is 6.10 Å². The van der Waals surface area contributed by atoms with E-state index in [0.717, 1.165) is 31.7 Å². The zero-order chi connectivity index (χ0) is 13.1. The minimum atomic E-state index is -0.402. The first kappa shape index (κ1) is 13.4. The van der Waals surface area contributed by atoms with Crippen molar-refractivity contribution in [2.45, 2.75) is 32.9 Å². The number of para-hydroxylation sites is 1. The molecule has 2 rings (SSSR count). The van der Waals surface area contributed by atoms with Gasteiger partial charge in [-0.15, -0.1) is 0 Å². The number of hydrogen-bond donors (Lipinski definition) is 1. The summed E-state index contributed by atoms with van der Waals surface area (Å²) in [5.41, 5.74) is 2.23. The van der Waals surface area contributed by atoms with Crippen molar-refractivity contribution >= 4 is 5.69 Å². The molecule has 0 bridgehead atoms. The zero-order valence-electron chi connectivity index (χ0n) is 11.6. The standard InChI is InChI=1S/C15H24N2O/c1-4-16-9-10-17(11-12(16)2)15-8-6-5-7-14(15)13(3)18/h5-8,12-13,18H,4,9-11H2,1-3H3. The summed E-state index contributed by atoms with van der Waals surface area (Å²) in [6.07, 6.45) is -0.402. The molecule has 1 N–H and O–H groups in total. The summed E-state index contributed by atoms with van der Waals surface area (Å²) in [5, 5.41) is 9.86. The van der Waals surface area contributed by atoms with Gasteiger partial charge in [0, 0.05) is 36.9 Å². The largest absolute Gasteiger partial charge is 0.389 e. The highest BCUT2D eigenvalue weighted by Gasteiger charge is 2.24. The van der Waals surface area contributed by atoms with E-state index in [0.29, 0.717) is 6.04 Å². The third-order valence-corrected chi connectivity index (χ3v) is 3.90. The average molecular weight is 248 g/mol. The summed E-state index contributed by atoms with van der Waals surface area (Å²) < 4.78 is 0. The van der Waals surface area contributed by atoms with Gasteiger partial charge >= 0.3 is 0 Å². The fraction of sp³-hybridized carbons (Fsp3) is 0.600. The van der Waals surface area contributed by atoms with Crippen molar-refractivity contribution in [3.8, 4) is 0 Å². The first-order valence-electron chi connectivity index (χ1n) is 6.89. The number of aliphatic hydroxyl groups excluding tert-OH is 1. The maximum atomic E-state index is 9.86. The molecule has 0 aliphatic carbocycles. The molecule has 1 aromatic carbocycles. The summed E-state index contributed by atoms with van der Waals surface area (Å²) in [6.45, 7) is 10.6. The van der Waals surface area contributed by atoms with E-state index in [2.05, 4.69) is 35.8 Å². The lowest BCUT2D eigenvalue weighted by Crippen LogP contribution is -2.52. The summed E-state index contributed by atoms with van der Waals surface area (Å²) in [5.74, 6) is 0. The van der Waals surface area contributed by atoms with Crippen LogP contribution in [-0.2, 0) is 0 Å². The second-order valence-electron chi connectivity index (χ2n) is 5.16. The number of piperazine rings is 1. The normalized spacial score (nSPS) is 23.1. The van der Waals surface area contributed by atoms with Crippen LogP contribution in [0, 0.1) is 0 Å². The smallest absolute Gasteiger partial charge is 0.0781 e. The Bertz CT molecular complexity index is 392. The quantitative estimate of drug-likeness (QED) is 0.889. The minimum absolute atomic E-state index is 0.402. The lowest BCUT2D eigenvalue weighted by atomic mass is 10.1. The van der Waals surface area contributed by atoms with Crippen LogP contribution in [0.15, 0.2) is 24.3 Å². The van der Waals surface area contributed by atoms with Gasteiger partial charge in [0.1, 0.15) is 0 Å². The fourth-order valence-corrected chi connectivity index (χ4v) is 2.81. The van der Waals surface area contributed by atoms with E-state index < -0.39 is 6.10 Å². The van der Waals surface area contributed by atoms with E-state index in [9.17, 15) is 5.11 Å². The fourth-order valence-electron chi connectivity index (χ4n) is 2.81. The molecule has 2 atom stereocenters. The van der Waals surface area contributed by atoms with Gasteiger partial charge in [-0.25, -0.2) is 0 Å². The van der Waals surface area contributed by atoms with Crippen molar-refractivity contribution in [3.05, 3.63) is 29.8 Å². The number of anilines is 1. The maximum Gasteiger partial charge on any atom is 0.0781 e. The molecule has 18 heavy (non-hydrogen) atoms. The maximum absolute atomic E-state index is 9.86. The zero-order valence-corrected chi connectivity index (χ0v) is 11.6. The molecule has 1 aliphatic rings. The molecule has 1 saturated heterocycles. The molecule has 1 fully saturated rings. The van der Waals surface area contributed by atoms with E-state index in [1.807, 2.05) is 19.1 Å². The Balaban J connectivity index is 2.18. The molecule has 3 nitrogen and oxygen atoms in total. The highest BCUT2D eigenvalue weighted by Crippen LogP contribution is 2.27. The van der Waals surface area contributed by atoms with Crippen LogP contribution >= 0.6 is 0 Å². The Kier molecular flexibility index (Phi) is 4.25. The van der Waals surface area contributed by atoms with Crippen molar-refractivity contribution < 1.29 is 5.11 Å². The third kappa shape index (κ3) is 2.68. The van der Waals surface area contributed by atoms with Crippen LogP contribution in [0.4, 0.5) is 5.69 Å². The van der Waals surface area contributed by atoms with E-state index >= 15 is 0 Å². The summed E-state index contributed by atoms with van der Waals surface area (Å²) >= 11 is 0. The van der Waals surface area contributed by atoms with Crippen molar-refractivity contribution in [2.24, 2.45) is 0 Å². The van der Waals surface area contributed by atoms with Gasteiger partial charge in [-0.05, 0) is 26.5 Å². The Morgan fingerprint density at radius 1 is 1.33 bits per heavy atom. The Hall–Kier alpha value is -1.06. The number of nitrogens with zero attached hydrogens (tertiary/aromatic N) is 2. The van der Waals surface area contributed by atoms with E-state index in [4.69, 9.17) is 0 Å². The topological polar surface area (TPSA) is 26.7 Å². The first-order chi connectivity index (χ1) is 8.63. The molecular weight excluding hydrogens is 224 g/mol. The lowest BCUT2D eigenvalue weighted by molar-refractivity contribution is 0.192. The molecule has 3 heteroatoms. The van der Waals surface area contributed by atoms with Gasteiger partial charge in [-0.2, -0.15) is 0 Å². The molecule has 2 unspecified atom stereocenters. The molecule has 1 heterocycles. The molecule has 0 aromatic heterocycles. The van der Waals surface area contributed by atoms with Gasteiger partial charge in [0.2, 0.25) is 0 Å². The van der Waals surface area contributed by atoms with Gasteiger partial charge in [0.15, 0.2) is 0 Å². The second kappa shape index (κ2) is 5.72. The molecule has 0 amide bonds. The predicted molar refractivity (Wildman–Crippen MR) is 76.0 cm³/mol. The van der Waals surface area contributed by atoms with Crippen LogP contribution in [0.1, 0.15) is 32.4 Å². The SMILES string of the molecule is CCN1CCN(c2ccccc2C(C)O)CC1C. The average Bonchev–Trinajstić information content (AvgIpc) is 2.38. The van der Waals surface area contributed by atoms with Crippen LogP contribution in [-0.4, -0.2) is 42.2 Å². The van der Waals surface area contributed by atoms with Crippen LogP contribution in [0.3, 0.4) is 0 Å². The molecule has 0 spiro atoms. The highest BCUT2D eigenvalue weighted by molar-refractivity contribution is 5.55. The van der Waals surface area contributed by atoms with Crippen molar-refractivity contribution in [1.29, 1.82) is 0 Å². The molecule has 1 aromatic rings. The van der Waals surface area contributed by atoms with Crippen molar-refractivity contribution in [3.63, 3.8) is 0 Å². The number of rotatable bonds is 3. The van der Waals surface area contributed by atoms with Crippen LogP contribution in [0.5, 0.6) is 0 Å². The van der Waals surface area contributed by atoms with Gasteiger partial charge in [0.25, 0.3) is 0 Å². The van der Waals surface area contributed by atoms with Crippen molar-refractivity contribution in [2.75, 3.05) is 31.1 Å². The molecule has 100 valence electrons. The monoisotopic (exact) mass is 248 g/mol. The summed E-state index contributed by atoms with van der Waals surface area (Å²) in [7, 11) is 0. The number of aliphatic hydroxyl groups is 1. The van der Waals surface area contributed by atoms with E-state index in [-0.39, 0.29) is 0 Å². The van der Waals surface area contributed by atoms with Gasteiger partial charge in [-0.1, -0.05) is 25.1 Å². The molecule has 1 aliphatic heterocycles. The number of hydrogen-bond acceptors (Lipinski definition) is 3. The van der Waals surface area contributed by atoms with Crippen molar-refractivity contribution in [1.82, 2.24) is 4.90 Å². The number of likely N-dealkylation sites (N-methyl/N-ethyl adjacent to an activating group) is 1. The second-order valence-corrected chi connectivity index (χ2v) is 5.16. The summed E-state index contributed by atoms with van der Waals surface area (Å²) in [6, 6.07) is 8.77. The highest BCUT2D eigenvalue weighted by atomic mass is 16.3. The Labute approximate surface area is 110 Å². The van der Waals surface area contributed by atoms with Gasteiger partial charge < -0.3 is 10.0 Å². The third-order valence-electron chi connectivity index (χ3n) is 3.90. The first-order valence-corrected chi connectivity index (χ1v) is 6.89. The molecular formula is C15H24N2O. The van der Waals surface area contributed by atoms with E-state index in [1.165, 1.54) is 5.69 Å². The minimum Gasteiger partial charge on any atom is -0.389 e. The van der Waals surface area contributed by atoms with Crippen LogP contribution in [0.25, 0.3) is 0 Å². The Morgan fingerprint density at radius 3 is 2.67 bits per heavy atom. The van der Waals surface area contributed by atoms with Crippen LogP contribution < -0.4 is 4.90 Å². The molecule has 0 saturated carbocycles. The van der Waals surface area contributed by atoms with Gasteiger partial charge in [-0.3, -0.25) is 4.90 Å². The molecule has 0 radical (unpaired) electrons.